The molecule has 0 heterocycles. The molecular formula is C15H21ClN2O. The highest BCUT2D eigenvalue weighted by atomic mass is 35.5. The Balaban J connectivity index is 2.04. The lowest BCUT2D eigenvalue weighted by atomic mass is 10.0. The van der Waals surface area contributed by atoms with E-state index in [1.165, 1.54) is 0 Å². The number of nitrogens with zero attached hydrogens (tertiary/aromatic N) is 1. The number of rotatable bonds is 5. The molecule has 1 aromatic carbocycles. The zero-order valence-corrected chi connectivity index (χ0v) is 12.3. The van der Waals surface area contributed by atoms with Crippen molar-refractivity contribution >= 4 is 17.5 Å². The maximum absolute atomic E-state index is 12.3. The van der Waals surface area contributed by atoms with Crippen LogP contribution >= 0.6 is 11.6 Å². The molecule has 3 nitrogen and oxygen atoms in total. The van der Waals surface area contributed by atoms with Crippen molar-refractivity contribution in [1.29, 1.82) is 0 Å². The van der Waals surface area contributed by atoms with E-state index in [1.807, 2.05) is 43.0 Å². The van der Waals surface area contributed by atoms with E-state index in [9.17, 15) is 4.79 Å². The molecule has 0 atom stereocenters. The van der Waals surface area contributed by atoms with Gasteiger partial charge in [-0.1, -0.05) is 23.7 Å². The Labute approximate surface area is 119 Å². The van der Waals surface area contributed by atoms with Gasteiger partial charge < -0.3 is 10.6 Å². The van der Waals surface area contributed by atoms with E-state index in [1.54, 1.807) is 0 Å². The maximum atomic E-state index is 12.3. The molecule has 1 amide bonds. The van der Waals surface area contributed by atoms with E-state index in [0.717, 1.165) is 23.4 Å². The molecule has 0 aromatic heterocycles. The molecule has 0 unspecified atom stereocenters. The lowest BCUT2D eigenvalue weighted by Gasteiger charge is -2.27. The molecule has 2 rings (SSSR count). The summed E-state index contributed by atoms with van der Waals surface area (Å²) in [5.41, 5.74) is 6.60. The Morgan fingerprint density at radius 3 is 2.42 bits per heavy atom. The lowest BCUT2D eigenvalue weighted by molar-refractivity contribution is -0.133. The van der Waals surface area contributed by atoms with Crippen LogP contribution in [-0.4, -0.2) is 22.4 Å². The van der Waals surface area contributed by atoms with Crippen LogP contribution in [0.1, 0.15) is 38.7 Å². The maximum Gasteiger partial charge on any atom is 0.224 e. The number of benzene rings is 1. The zero-order chi connectivity index (χ0) is 14.0. The van der Waals surface area contributed by atoms with Gasteiger partial charge in [0, 0.05) is 29.6 Å². The van der Waals surface area contributed by atoms with Crippen molar-refractivity contribution in [3.8, 4) is 0 Å². The van der Waals surface area contributed by atoms with Crippen LogP contribution in [0.2, 0.25) is 5.02 Å². The number of carbonyl (C=O) groups is 1. The second-order valence-electron chi connectivity index (χ2n) is 6.04. The summed E-state index contributed by atoms with van der Waals surface area (Å²) >= 11 is 5.88. The number of amides is 1. The fourth-order valence-electron chi connectivity index (χ4n) is 2.08. The van der Waals surface area contributed by atoms with E-state index >= 15 is 0 Å². The molecule has 2 N–H and O–H groups in total. The van der Waals surface area contributed by atoms with Gasteiger partial charge >= 0.3 is 0 Å². The van der Waals surface area contributed by atoms with Crippen LogP contribution in [0.4, 0.5) is 0 Å². The molecule has 1 aliphatic carbocycles. The minimum absolute atomic E-state index is 0.143. The van der Waals surface area contributed by atoms with E-state index in [0.29, 0.717) is 19.0 Å². The first-order valence-corrected chi connectivity index (χ1v) is 7.06. The molecule has 0 aliphatic heterocycles. The Morgan fingerprint density at radius 2 is 1.95 bits per heavy atom. The first-order valence-electron chi connectivity index (χ1n) is 6.68. The molecule has 104 valence electrons. The van der Waals surface area contributed by atoms with Gasteiger partial charge in [-0.25, -0.2) is 0 Å². The average Bonchev–Trinajstić information content (AvgIpc) is 3.09. The largest absolute Gasteiger partial charge is 0.335 e. The van der Waals surface area contributed by atoms with Crippen LogP contribution in [-0.2, 0) is 11.3 Å². The van der Waals surface area contributed by atoms with Gasteiger partial charge in [0.15, 0.2) is 0 Å². The fourth-order valence-corrected chi connectivity index (χ4v) is 2.21. The van der Waals surface area contributed by atoms with Crippen molar-refractivity contribution in [2.75, 3.05) is 0 Å². The molecule has 0 bridgehead atoms. The topological polar surface area (TPSA) is 46.3 Å². The summed E-state index contributed by atoms with van der Waals surface area (Å²) in [5, 5.41) is 0.719. The number of halogens is 1. The van der Waals surface area contributed by atoms with Crippen molar-refractivity contribution in [3.05, 3.63) is 34.9 Å². The Kier molecular flexibility index (Phi) is 4.16. The van der Waals surface area contributed by atoms with Gasteiger partial charge in [0.2, 0.25) is 5.91 Å². The van der Waals surface area contributed by atoms with Gasteiger partial charge in [-0.2, -0.15) is 0 Å². The second-order valence-corrected chi connectivity index (χ2v) is 6.48. The second kappa shape index (κ2) is 5.51. The summed E-state index contributed by atoms with van der Waals surface area (Å²) < 4.78 is 0. The van der Waals surface area contributed by atoms with Crippen LogP contribution in [0.5, 0.6) is 0 Å². The quantitative estimate of drug-likeness (QED) is 0.901. The molecule has 19 heavy (non-hydrogen) atoms. The summed E-state index contributed by atoms with van der Waals surface area (Å²) in [6.45, 7) is 4.42. The summed E-state index contributed by atoms with van der Waals surface area (Å²) in [6, 6.07) is 8.06. The molecule has 4 heteroatoms. The number of nitrogens with two attached hydrogens (primary N) is 1. The molecule has 1 aliphatic rings. The van der Waals surface area contributed by atoms with Crippen molar-refractivity contribution in [2.45, 2.75) is 51.2 Å². The van der Waals surface area contributed by atoms with Gasteiger partial charge in [0.25, 0.3) is 0 Å². The van der Waals surface area contributed by atoms with Gasteiger partial charge in [-0.3, -0.25) is 4.79 Å². The lowest BCUT2D eigenvalue weighted by Crippen LogP contribution is -2.41. The van der Waals surface area contributed by atoms with Crippen LogP contribution in [0.15, 0.2) is 24.3 Å². The SMILES string of the molecule is CC(C)(N)CC(=O)N(Cc1ccc(Cl)cc1)C1CC1. The fraction of sp³-hybridized carbons (Fsp3) is 0.533. The predicted molar refractivity (Wildman–Crippen MR) is 77.9 cm³/mol. The third-order valence-electron chi connectivity index (χ3n) is 3.18. The average molecular weight is 281 g/mol. The molecule has 1 fully saturated rings. The van der Waals surface area contributed by atoms with E-state index in [-0.39, 0.29) is 5.91 Å². The zero-order valence-electron chi connectivity index (χ0n) is 11.5. The Hall–Kier alpha value is -1.06. The van der Waals surface area contributed by atoms with Crippen molar-refractivity contribution in [1.82, 2.24) is 4.90 Å². The van der Waals surface area contributed by atoms with E-state index in [2.05, 4.69) is 0 Å². The number of hydrogen-bond donors (Lipinski definition) is 1. The van der Waals surface area contributed by atoms with E-state index in [4.69, 9.17) is 17.3 Å². The predicted octanol–water partition coefficient (Wildman–Crippen LogP) is 2.96. The minimum Gasteiger partial charge on any atom is -0.335 e. The number of carbonyl (C=O) groups excluding carboxylic acids is 1. The summed E-state index contributed by atoms with van der Waals surface area (Å²) in [5.74, 6) is 0.143. The molecule has 0 spiro atoms. The molecule has 1 saturated carbocycles. The molecule has 1 aromatic rings. The summed E-state index contributed by atoms with van der Waals surface area (Å²) in [4.78, 5) is 14.3. The van der Waals surface area contributed by atoms with Crippen molar-refractivity contribution < 1.29 is 4.79 Å². The van der Waals surface area contributed by atoms with Crippen molar-refractivity contribution in [2.24, 2.45) is 5.73 Å². The third kappa shape index (κ3) is 4.51. The highest BCUT2D eigenvalue weighted by Crippen LogP contribution is 2.29. The van der Waals surface area contributed by atoms with Crippen LogP contribution in [0, 0.1) is 0 Å². The standard InChI is InChI=1S/C15H21ClN2O/c1-15(2,17)9-14(19)18(13-7-8-13)10-11-3-5-12(16)6-4-11/h3-6,13H,7-10,17H2,1-2H3. The van der Waals surface area contributed by atoms with Crippen LogP contribution in [0.25, 0.3) is 0 Å². The number of hydrogen-bond acceptors (Lipinski definition) is 2. The van der Waals surface area contributed by atoms with E-state index < -0.39 is 5.54 Å². The summed E-state index contributed by atoms with van der Waals surface area (Å²) in [6.07, 6.45) is 2.59. The Bertz CT molecular complexity index is 446. The Morgan fingerprint density at radius 1 is 1.37 bits per heavy atom. The third-order valence-corrected chi connectivity index (χ3v) is 3.43. The normalized spacial score (nSPS) is 15.4. The summed E-state index contributed by atoms with van der Waals surface area (Å²) in [7, 11) is 0. The highest BCUT2D eigenvalue weighted by molar-refractivity contribution is 6.30. The van der Waals surface area contributed by atoms with Gasteiger partial charge in [-0.05, 0) is 44.4 Å². The molecule has 0 saturated heterocycles. The van der Waals surface area contributed by atoms with Crippen LogP contribution < -0.4 is 5.73 Å². The van der Waals surface area contributed by atoms with Gasteiger partial charge in [0.1, 0.15) is 0 Å². The van der Waals surface area contributed by atoms with Gasteiger partial charge in [0.05, 0.1) is 0 Å². The minimum atomic E-state index is -0.454. The first kappa shape index (κ1) is 14.4. The highest BCUT2D eigenvalue weighted by Gasteiger charge is 2.33. The first-order chi connectivity index (χ1) is 8.85. The smallest absolute Gasteiger partial charge is 0.224 e. The van der Waals surface area contributed by atoms with Crippen LogP contribution in [0.3, 0.4) is 0 Å². The monoisotopic (exact) mass is 280 g/mol. The van der Waals surface area contributed by atoms with Crippen molar-refractivity contribution in [3.63, 3.8) is 0 Å². The van der Waals surface area contributed by atoms with Gasteiger partial charge in [-0.15, -0.1) is 0 Å². The molecular weight excluding hydrogens is 260 g/mol. The molecule has 0 radical (unpaired) electrons.